The number of carbonyl (C=O) groups is 1. The summed E-state index contributed by atoms with van der Waals surface area (Å²) >= 11 is 0. The molecule has 0 saturated heterocycles. The van der Waals surface area contributed by atoms with Crippen LogP contribution in [0.15, 0.2) is 18.2 Å². The van der Waals surface area contributed by atoms with Gasteiger partial charge in [0.25, 0.3) is 5.92 Å². The van der Waals surface area contributed by atoms with E-state index in [1.54, 1.807) is 20.8 Å². The number of aromatic hydroxyl groups is 1. The molecule has 7 heteroatoms. The second kappa shape index (κ2) is 6.26. The molecule has 0 saturated carbocycles. The monoisotopic (exact) mass is 303 g/mol. The van der Waals surface area contributed by atoms with Gasteiger partial charge in [-0.15, -0.1) is 0 Å². The van der Waals surface area contributed by atoms with Crippen LogP contribution in [0.2, 0.25) is 0 Å². The topological polar surface area (TPSA) is 78.8 Å². The largest absolute Gasteiger partial charge is 0.507 e. The highest BCUT2D eigenvalue weighted by Gasteiger charge is 2.34. The molecule has 0 heterocycles. The summed E-state index contributed by atoms with van der Waals surface area (Å²) in [5.41, 5.74) is -1.32. The van der Waals surface area contributed by atoms with Gasteiger partial charge in [0.15, 0.2) is 0 Å². The first-order chi connectivity index (χ1) is 9.55. The third kappa shape index (κ3) is 5.18. The van der Waals surface area contributed by atoms with Crippen molar-refractivity contribution in [3.8, 4) is 5.75 Å². The van der Waals surface area contributed by atoms with Gasteiger partial charge in [0.1, 0.15) is 11.4 Å². The van der Waals surface area contributed by atoms with Crippen molar-refractivity contribution in [3.63, 3.8) is 0 Å². The van der Waals surface area contributed by atoms with Gasteiger partial charge in [-0.3, -0.25) is 5.32 Å². The molecule has 0 aliphatic heterocycles. The molecule has 0 aliphatic carbocycles. The molecule has 118 valence electrons. The average Bonchev–Trinajstić information content (AvgIpc) is 2.28. The van der Waals surface area contributed by atoms with Crippen LogP contribution in [0.4, 0.5) is 19.3 Å². The van der Waals surface area contributed by atoms with Crippen LogP contribution in [0.3, 0.4) is 0 Å². The first-order valence-corrected chi connectivity index (χ1v) is 6.37. The van der Waals surface area contributed by atoms with Gasteiger partial charge >= 0.3 is 6.09 Å². The van der Waals surface area contributed by atoms with Crippen LogP contribution >= 0.6 is 0 Å². The molecular formula is C14H19F2NO4. The number of hydrogen-bond acceptors (Lipinski definition) is 4. The zero-order chi connectivity index (χ0) is 16.3. The lowest BCUT2D eigenvalue weighted by atomic mass is 10.0. The lowest BCUT2D eigenvalue weighted by Gasteiger charge is -2.21. The Hall–Kier alpha value is -1.89. The number of aliphatic hydroxyl groups is 1. The van der Waals surface area contributed by atoms with Crippen molar-refractivity contribution < 1.29 is 28.5 Å². The minimum absolute atomic E-state index is 0.0645. The molecule has 0 spiro atoms. The summed E-state index contributed by atoms with van der Waals surface area (Å²) in [6, 6.07) is 3.28. The molecule has 21 heavy (non-hydrogen) atoms. The SMILES string of the molecule is CC(C)(C)OC(=O)Nc1ccc(O)c(C(F)(F)CCO)c1. The van der Waals surface area contributed by atoms with Crippen molar-refractivity contribution in [2.24, 2.45) is 0 Å². The van der Waals surface area contributed by atoms with E-state index in [-0.39, 0.29) is 5.69 Å². The van der Waals surface area contributed by atoms with Crippen LogP contribution in [0, 0.1) is 0 Å². The van der Waals surface area contributed by atoms with E-state index in [0.717, 1.165) is 12.1 Å². The van der Waals surface area contributed by atoms with Crippen LogP contribution in [0.5, 0.6) is 5.75 Å². The Morgan fingerprint density at radius 1 is 1.33 bits per heavy atom. The van der Waals surface area contributed by atoms with Crippen molar-refractivity contribution in [1.82, 2.24) is 0 Å². The maximum Gasteiger partial charge on any atom is 0.412 e. The van der Waals surface area contributed by atoms with Crippen LogP contribution in [0.1, 0.15) is 32.8 Å². The van der Waals surface area contributed by atoms with Gasteiger partial charge in [0, 0.05) is 18.7 Å². The molecule has 1 amide bonds. The highest BCUT2D eigenvalue weighted by molar-refractivity contribution is 5.85. The first kappa shape index (κ1) is 17.2. The zero-order valence-electron chi connectivity index (χ0n) is 12.1. The molecule has 1 aromatic carbocycles. The second-order valence-corrected chi connectivity index (χ2v) is 5.54. The number of alkyl halides is 2. The van der Waals surface area contributed by atoms with E-state index in [4.69, 9.17) is 9.84 Å². The number of benzene rings is 1. The standard InChI is InChI=1S/C14H19F2NO4/c1-13(2,3)21-12(20)17-9-4-5-11(19)10(8-9)14(15,16)6-7-18/h4-5,8,18-19H,6-7H2,1-3H3,(H,17,20). The van der Waals surface area contributed by atoms with Crippen molar-refractivity contribution in [3.05, 3.63) is 23.8 Å². The number of amides is 1. The maximum atomic E-state index is 13.7. The molecule has 0 unspecified atom stereocenters. The van der Waals surface area contributed by atoms with Crippen molar-refractivity contribution in [2.75, 3.05) is 11.9 Å². The number of aliphatic hydroxyl groups excluding tert-OH is 1. The highest BCUT2D eigenvalue weighted by Crippen LogP contribution is 2.38. The molecule has 1 aromatic rings. The quantitative estimate of drug-likeness (QED) is 0.746. The summed E-state index contributed by atoms with van der Waals surface area (Å²) < 4.78 is 32.5. The molecule has 0 fully saturated rings. The Morgan fingerprint density at radius 3 is 2.48 bits per heavy atom. The Kier molecular flexibility index (Phi) is 5.11. The fourth-order valence-electron chi connectivity index (χ4n) is 1.60. The number of ether oxygens (including phenoxy) is 1. The molecule has 0 aromatic heterocycles. The van der Waals surface area contributed by atoms with E-state index < -0.39 is 42.0 Å². The Balaban J connectivity index is 2.94. The molecule has 5 nitrogen and oxygen atoms in total. The van der Waals surface area contributed by atoms with E-state index in [9.17, 15) is 18.7 Å². The zero-order valence-corrected chi connectivity index (χ0v) is 12.1. The lowest BCUT2D eigenvalue weighted by Crippen LogP contribution is -2.27. The van der Waals surface area contributed by atoms with Gasteiger partial charge in [-0.25, -0.2) is 13.6 Å². The maximum absolute atomic E-state index is 13.7. The highest BCUT2D eigenvalue weighted by atomic mass is 19.3. The van der Waals surface area contributed by atoms with Crippen LogP contribution < -0.4 is 5.32 Å². The Labute approximate surface area is 121 Å². The van der Waals surface area contributed by atoms with Gasteiger partial charge in [0.05, 0.1) is 5.56 Å². The van der Waals surface area contributed by atoms with Gasteiger partial charge in [0.2, 0.25) is 0 Å². The summed E-state index contributed by atoms with van der Waals surface area (Å²) in [6.07, 6.45) is -1.61. The van der Waals surface area contributed by atoms with E-state index in [1.807, 2.05) is 0 Å². The van der Waals surface area contributed by atoms with Gasteiger partial charge in [-0.1, -0.05) is 0 Å². The van der Waals surface area contributed by atoms with Crippen LogP contribution in [-0.4, -0.2) is 28.5 Å². The van der Waals surface area contributed by atoms with Crippen LogP contribution in [-0.2, 0) is 10.7 Å². The molecule has 3 N–H and O–H groups in total. The molecule has 0 bridgehead atoms. The van der Waals surface area contributed by atoms with Crippen LogP contribution in [0.25, 0.3) is 0 Å². The second-order valence-electron chi connectivity index (χ2n) is 5.54. The Bertz CT molecular complexity index is 512. The molecule has 0 radical (unpaired) electrons. The number of anilines is 1. The minimum Gasteiger partial charge on any atom is -0.507 e. The number of halogens is 2. The van der Waals surface area contributed by atoms with E-state index in [2.05, 4.69) is 5.32 Å². The predicted molar refractivity (Wildman–Crippen MR) is 73.6 cm³/mol. The molecule has 0 aliphatic rings. The minimum atomic E-state index is -3.40. The number of nitrogens with one attached hydrogen (secondary N) is 1. The summed E-state index contributed by atoms with van der Waals surface area (Å²) in [5.74, 6) is -4.01. The summed E-state index contributed by atoms with van der Waals surface area (Å²) in [5, 5.41) is 20.5. The summed E-state index contributed by atoms with van der Waals surface area (Å²) in [7, 11) is 0. The normalized spacial score (nSPS) is 12.1. The van der Waals surface area contributed by atoms with Crippen molar-refractivity contribution in [2.45, 2.75) is 38.7 Å². The molecule has 0 atom stereocenters. The number of phenolic OH excluding ortho intramolecular Hbond substituents is 1. The van der Waals surface area contributed by atoms with E-state index >= 15 is 0 Å². The molecule has 1 rings (SSSR count). The Morgan fingerprint density at radius 2 is 1.95 bits per heavy atom. The number of carbonyl (C=O) groups excluding carboxylic acids is 1. The van der Waals surface area contributed by atoms with Crippen molar-refractivity contribution in [1.29, 1.82) is 0 Å². The first-order valence-electron chi connectivity index (χ1n) is 6.37. The lowest BCUT2D eigenvalue weighted by molar-refractivity contribution is -0.0287. The van der Waals surface area contributed by atoms with Gasteiger partial charge < -0.3 is 14.9 Å². The third-order valence-electron chi connectivity index (χ3n) is 2.46. The van der Waals surface area contributed by atoms with E-state index in [0.29, 0.717) is 0 Å². The fraction of sp³-hybridized carbons (Fsp3) is 0.500. The van der Waals surface area contributed by atoms with Gasteiger partial charge in [-0.05, 0) is 39.0 Å². The average molecular weight is 303 g/mol. The fourth-order valence-corrected chi connectivity index (χ4v) is 1.60. The van der Waals surface area contributed by atoms with Gasteiger partial charge in [-0.2, -0.15) is 0 Å². The van der Waals surface area contributed by atoms with Crippen molar-refractivity contribution >= 4 is 11.8 Å². The predicted octanol–water partition coefficient (Wildman–Crippen LogP) is 3.21. The number of phenols is 1. The van der Waals surface area contributed by atoms with E-state index in [1.165, 1.54) is 6.07 Å². The third-order valence-corrected chi connectivity index (χ3v) is 2.46. The molecular weight excluding hydrogens is 284 g/mol. The number of rotatable bonds is 4. The number of hydrogen-bond donors (Lipinski definition) is 3. The summed E-state index contributed by atoms with van der Waals surface area (Å²) in [4.78, 5) is 11.6. The summed E-state index contributed by atoms with van der Waals surface area (Å²) in [6.45, 7) is 4.29. The smallest absolute Gasteiger partial charge is 0.412 e.